The van der Waals surface area contributed by atoms with E-state index in [1.165, 1.54) is 14.0 Å². The zero-order valence-corrected chi connectivity index (χ0v) is 12.8. The molecule has 0 aliphatic carbocycles. The van der Waals surface area contributed by atoms with Gasteiger partial charge in [0.2, 0.25) is 0 Å². The van der Waals surface area contributed by atoms with Crippen molar-refractivity contribution in [1.82, 2.24) is 5.32 Å². The number of nitrogens with one attached hydrogen (secondary N) is 1. The molecule has 0 aromatic rings. The molecule has 0 saturated carbocycles. The van der Waals surface area contributed by atoms with Crippen LogP contribution < -0.4 is 29.3 Å². The van der Waals surface area contributed by atoms with Crippen molar-refractivity contribution in [1.29, 1.82) is 0 Å². The van der Waals surface area contributed by atoms with Gasteiger partial charge in [0.25, 0.3) is 0 Å². The number of carboxylic acid groups (broad SMARTS) is 1. The number of rotatable bonds is 5. The topological polar surface area (TPSA) is 105 Å². The van der Waals surface area contributed by atoms with E-state index in [0.717, 1.165) is 0 Å². The Morgan fingerprint density at radius 3 is 2.10 bits per heavy atom. The van der Waals surface area contributed by atoms with Crippen molar-refractivity contribution in [2.75, 3.05) is 7.11 Å². The molecule has 0 aromatic heterocycles. The van der Waals surface area contributed by atoms with Gasteiger partial charge >= 0.3 is 30.9 Å². The molecule has 0 radical (unpaired) electrons. The minimum Gasteiger partial charge on any atom is -0.548 e. The summed E-state index contributed by atoms with van der Waals surface area (Å²) in [7, 11) is 1.20. The van der Waals surface area contributed by atoms with Crippen LogP contribution >= 0.6 is 0 Å². The van der Waals surface area contributed by atoms with Crippen molar-refractivity contribution >= 4 is 18.0 Å². The molecule has 8 heteroatoms. The molecule has 1 amide bonds. The zero-order valence-electron chi connectivity index (χ0n) is 12.8. The molecule has 0 heterocycles. The summed E-state index contributed by atoms with van der Waals surface area (Å²) >= 11 is 0. The minimum atomic E-state index is -1.48. The van der Waals surface area contributed by atoms with E-state index in [1.807, 2.05) is 0 Å². The van der Waals surface area contributed by atoms with Crippen LogP contribution in [0.4, 0.5) is 4.79 Å². The van der Waals surface area contributed by atoms with Gasteiger partial charge in [0.15, 0.2) is 0 Å². The quantitative estimate of drug-likeness (QED) is 0.421. The molecule has 0 unspecified atom stereocenters. The maximum atomic E-state index is 11.5. The third-order valence-corrected chi connectivity index (χ3v) is 2.17. The molecule has 0 fully saturated rings. The number of carboxylic acids is 1. The fourth-order valence-corrected chi connectivity index (χ4v) is 1.31. The summed E-state index contributed by atoms with van der Waals surface area (Å²) in [4.78, 5) is 33.6. The van der Waals surface area contributed by atoms with Crippen LogP contribution in [0.15, 0.2) is 0 Å². The summed E-state index contributed by atoms with van der Waals surface area (Å²) in [6.07, 6.45) is -1.01. The zero-order chi connectivity index (χ0) is 15.2. The normalized spacial score (nSPS) is 13.4. The number of aliphatic carboxylic acids is 1. The summed E-state index contributed by atoms with van der Waals surface area (Å²) < 4.78 is 9.41. The Balaban J connectivity index is 0. The van der Waals surface area contributed by atoms with Gasteiger partial charge in [0, 0.05) is 0 Å². The monoisotopic (exact) mass is 281 g/mol. The molecular formula is C12H20LiNO6. The third-order valence-electron chi connectivity index (χ3n) is 2.17. The van der Waals surface area contributed by atoms with Crippen molar-refractivity contribution in [3.05, 3.63) is 0 Å². The molecule has 0 saturated heterocycles. The standard InChI is InChI=1S/C12H21NO6.Li/c1-7(10(16)18-5)6-8(9(14)15)13-11(17)19-12(2,3)4;/h7-8H,6H2,1-5H3,(H,13,17)(H,14,15);/q;+1/p-1/t7-,8-;/m0./s1. The van der Waals surface area contributed by atoms with Gasteiger partial charge in [-0.05, 0) is 27.2 Å². The molecule has 2 atom stereocenters. The molecule has 20 heavy (non-hydrogen) atoms. The van der Waals surface area contributed by atoms with Gasteiger partial charge in [-0.1, -0.05) is 6.92 Å². The molecule has 0 aliphatic rings. The van der Waals surface area contributed by atoms with Crippen LogP contribution in [0.2, 0.25) is 0 Å². The Kier molecular flexibility index (Phi) is 9.37. The van der Waals surface area contributed by atoms with Crippen LogP contribution in [0.5, 0.6) is 0 Å². The number of carbonyl (C=O) groups is 3. The Morgan fingerprint density at radius 2 is 1.75 bits per heavy atom. The van der Waals surface area contributed by atoms with Crippen LogP contribution in [-0.2, 0) is 19.1 Å². The Morgan fingerprint density at radius 1 is 1.25 bits per heavy atom. The fraction of sp³-hybridized carbons (Fsp3) is 0.750. The first-order valence-electron chi connectivity index (χ1n) is 5.85. The first-order chi connectivity index (χ1) is 8.56. The number of alkyl carbamates (subject to hydrolysis) is 1. The molecule has 0 spiro atoms. The van der Waals surface area contributed by atoms with Gasteiger partial charge in [-0.15, -0.1) is 0 Å². The number of hydrogen-bond donors (Lipinski definition) is 1. The number of hydrogen-bond acceptors (Lipinski definition) is 6. The number of amides is 1. The molecule has 0 rings (SSSR count). The number of ether oxygens (including phenoxy) is 2. The van der Waals surface area contributed by atoms with E-state index in [-0.39, 0.29) is 25.3 Å². The summed E-state index contributed by atoms with van der Waals surface area (Å²) in [6.45, 7) is 6.45. The van der Waals surface area contributed by atoms with E-state index < -0.39 is 35.6 Å². The van der Waals surface area contributed by atoms with Gasteiger partial charge in [0.05, 0.1) is 25.0 Å². The van der Waals surface area contributed by atoms with E-state index in [0.29, 0.717) is 0 Å². The largest absolute Gasteiger partial charge is 1.00 e. The summed E-state index contributed by atoms with van der Waals surface area (Å²) in [5, 5.41) is 13.1. The van der Waals surface area contributed by atoms with Crippen LogP contribution in [0.1, 0.15) is 34.1 Å². The Labute approximate surface area is 130 Å². The Hall–Kier alpha value is -1.19. The predicted molar refractivity (Wildman–Crippen MR) is 64.0 cm³/mol. The number of methoxy groups -OCH3 is 1. The van der Waals surface area contributed by atoms with Crippen LogP contribution in [0.25, 0.3) is 0 Å². The van der Waals surface area contributed by atoms with Gasteiger partial charge in [0.1, 0.15) is 5.60 Å². The molecule has 0 aliphatic heterocycles. The van der Waals surface area contributed by atoms with Crippen LogP contribution in [-0.4, -0.2) is 36.8 Å². The summed E-state index contributed by atoms with van der Waals surface area (Å²) in [5.74, 6) is -2.72. The van der Waals surface area contributed by atoms with E-state index in [4.69, 9.17) is 4.74 Å². The first-order valence-corrected chi connectivity index (χ1v) is 5.85. The fourth-order valence-electron chi connectivity index (χ4n) is 1.31. The third kappa shape index (κ3) is 8.83. The maximum absolute atomic E-state index is 11.5. The molecule has 0 aromatic carbocycles. The van der Waals surface area contributed by atoms with Crippen molar-refractivity contribution in [2.24, 2.45) is 5.92 Å². The van der Waals surface area contributed by atoms with Gasteiger partial charge < -0.3 is 24.7 Å². The Bertz CT molecular complexity index is 352. The van der Waals surface area contributed by atoms with E-state index in [1.54, 1.807) is 20.8 Å². The van der Waals surface area contributed by atoms with Crippen molar-refractivity contribution in [3.8, 4) is 0 Å². The van der Waals surface area contributed by atoms with Gasteiger partial charge in [-0.3, -0.25) is 4.79 Å². The SMILES string of the molecule is COC(=O)[C@@H](C)C[C@H](NC(=O)OC(C)(C)C)C(=O)[O-].[Li+]. The summed E-state index contributed by atoms with van der Waals surface area (Å²) in [5.41, 5.74) is -0.742. The van der Waals surface area contributed by atoms with Crippen LogP contribution in [0.3, 0.4) is 0 Å². The van der Waals surface area contributed by atoms with Crippen molar-refractivity contribution in [3.63, 3.8) is 0 Å². The smallest absolute Gasteiger partial charge is 0.548 e. The second-order valence-electron chi connectivity index (χ2n) is 5.18. The average molecular weight is 281 g/mol. The molecule has 7 nitrogen and oxygen atoms in total. The van der Waals surface area contributed by atoms with E-state index in [9.17, 15) is 19.5 Å². The molecule has 1 N–H and O–H groups in total. The first kappa shape index (κ1) is 21.1. The van der Waals surface area contributed by atoms with E-state index in [2.05, 4.69) is 10.1 Å². The second kappa shape index (κ2) is 8.88. The van der Waals surface area contributed by atoms with E-state index >= 15 is 0 Å². The molecular weight excluding hydrogens is 261 g/mol. The summed E-state index contributed by atoms with van der Waals surface area (Å²) in [6, 6.07) is -1.32. The molecule has 0 bridgehead atoms. The molecule has 110 valence electrons. The average Bonchev–Trinajstić information content (AvgIpc) is 2.24. The number of esters is 1. The predicted octanol–water partition coefficient (Wildman–Crippen LogP) is -3.17. The second-order valence-corrected chi connectivity index (χ2v) is 5.18. The maximum Gasteiger partial charge on any atom is 1.00 e. The number of carbonyl (C=O) groups excluding carboxylic acids is 3. The van der Waals surface area contributed by atoms with Gasteiger partial charge in [-0.2, -0.15) is 0 Å². The van der Waals surface area contributed by atoms with Gasteiger partial charge in [-0.25, -0.2) is 4.79 Å². The van der Waals surface area contributed by atoms with Crippen LogP contribution in [0, 0.1) is 5.92 Å². The van der Waals surface area contributed by atoms with Crippen molar-refractivity contribution < 1.29 is 47.8 Å². The van der Waals surface area contributed by atoms with Crippen molar-refractivity contribution in [2.45, 2.75) is 45.8 Å². The minimum absolute atomic E-state index is 0.